The second kappa shape index (κ2) is 12.9. The number of imidazole rings is 1. The normalized spacial score (nSPS) is 13.3. The van der Waals surface area contributed by atoms with Crippen LogP contribution < -0.4 is 9.64 Å². The first-order valence-electron chi connectivity index (χ1n) is 14.2. The zero-order valence-electron chi connectivity index (χ0n) is 25.4. The standard InChI is InChI=1S/C30H29F3N6O7S/c1-4-36(25(40)18-46-29(42)30(31,32)33)17-24-34-14-16-37(24)19-5-7-20(8-6-19)38-15-13-23-26(28(38)41)39(35-27(23)47(3,43)44)21-9-11-22(45-2)12-10-21/h5-12,14,16H,4,13,15,17-18H2,1-3H3. The highest BCUT2D eigenvalue weighted by molar-refractivity contribution is 7.90. The molecule has 0 atom stereocenters. The van der Waals surface area contributed by atoms with Gasteiger partial charge in [-0.05, 0) is 61.9 Å². The van der Waals surface area contributed by atoms with Crippen molar-refractivity contribution in [2.24, 2.45) is 0 Å². The minimum absolute atomic E-state index is 0.0843. The molecule has 0 unspecified atom stereocenters. The predicted molar refractivity (Wildman–Crippen MR) is 160 cm³/mol. The SMILES string of the molecule is CCN(Cc1nccn1-c1ccc(N2CCc3c(S(C)(=O)=O)nn(-c4ccc(OC)cc4)c3C2=O)cc1)C(=O)COC(=O)C(F)(F)F. The van der Waals surface area contributed by atoms with Gasteiger partial charge >= 0.3 is 12.1 Å². The highest BCUT2D eigenvalue weighted by Gasteiger charge is 2.41. The van der Waals surface area contributed by atoms with Crippen LogP contribution in [-0.2, 0) is 37.1 Å². The molecular weight excluding hydrogens is 645 g/mol. The number of anilines is 1. The van der Waals surface area contributed by atoms with Gasteiger partial charge in [0.2, 0.25) is 0 Å². The summed E-state index contributed by atoms with van der Waals surface area (Å²) in [4.78, 5) is 44.4. The van der Waals surface area contributed by atoms with Gasteiger partial charge in [0.15, 0.2) is 21.5 Å². The van der Waals surface area contributed by atoms with Gasteiger partial charge in [-0.3, -0.25) is 9.59 Å². The van der Waals surface area contributed by atoms with E-state index in [9.17, 15) is 36.0 Å². The summed E-state index contributed by atoms with van der Waals surface area (Å²) in [5, 5.41) is 4.17. The molecule has 0 saturated heterocycles. The summed E-state index contributed by atoms with van der Waals surface area (Å²) in [6.45, 7) is 0.771. The van der Waals surface area contributed by atoms with Gasteiger partial charge in [0, 0.05) is 48.7 Å². The number of rotatable bonds is 10. The van der Waals surface area contributed by atoms with E-state index in [0.717, 1.165) is 6.26 Å². The number of sulfone groups is 1. The number of carbonyl (C=O) groups is 3. The fourth-order valence-corrected chi connectivity index (χ4v) is 5.99. The van der Waals surface area contributed by atoms with Crippen LogP contribution in [0, 0.1) is 0 Å². The van der Waals surface area contributed by atoms with E-state index in [1.807, 2.05) is 0 Å². The van der Waals surface area contributed by atoms with Crippen LogP contribution in [-0.4, -0.2) is 89.7 Å². The van der Waals surface area contributed by atoms with Gasteiger partial charge in [-0.2, -0.15) is 18.3 Å². The second-order valence-electron chi connectivity index (χ2n) is 10.4. The highest BCUT2D eigenvalue weighted by atomic mass is 32.2. The molecule has 0 radical (unpaired) electrons. The first kappa shape index (κ1) is 33.2. The van der Waals surface area contributed by atoms with Gasteiger partial charge in [-0.1, -0.05) is 0 Å². The largest absolute Gasteiger partial charge is 0.497 e. The molecule has 2 amide bonds. The maximum Gasteiger partial charge on any atom is 0.490 e. The van der Waals surface area contributed by atoms with Gasteiger partial charge < -0.3 is 23.8 Å². The zero-order valence-corrected chi connectivity index (χ0v) is 26.2. The number of ether oxygens (including phenoxy) is 2. The fraction of sp³-hybridized carbons (Fsp3) is 0.300. The molecule has 0 fully saturated rings. The maximum absolute atomic E-state index is 13.9. The van der Waals surface area contributed by atoms with E-state index in [2.05, 4.69) is 14.8 Å². The van der Waals surface area contributed by atoms with Crippen LogP contribution in [0.4, 0.5) is 18.9 Å². The summed E-state index contributed by atoms with van der Waals surface area (Å²) in [7, 11) is -2.23. The monoisotopic (exact) mass is 674 g/mol. The quantitative estimate of drug-likeness (QED) is 0.232. The molecule has 4 aromatic rings. The van der Waals surface area contributed by atoms with Crippen LogP contribution in [0.25, 0.3) is 11.4 Å². The molecule has 17 heteroatoms. The van der Waals surface area contributed by atoms with Crippen molar-refractivity contribution in [2.45, 2.75) is 31.1 Å². The number of alkyl halides is 3. The number of carbonyl (C=O) groups excluding carboxylic acids is 3. The molecule has 1 aliphatic heterocycles. The van der Waals surface area contributed by atoms with Crippen LogP contribution in [0.5, 0.6) is 5.75 Å². The van der Waals surface area contributed by atoms with Gasteiger partial charge in [0.25, 0.3) is 11.8 Å². The van der Waals surface area contributed by atoms with Crippen molar-refractivity contribution in [3.8, 4) is 17.1 Å². The molecule has 5 rings (SSSR count). The van der Waals surface area contributed by atoms with E-state index in [1.54, 1.807) is 66.2 Å². The number of hydrogen-bond donors (Lipinski definition) is 0. The first-order chi connectivity index (χ1) is 22.2. The van der Waals surface area contributed by atoms with Gasteiger partial charge in [-0.25, -0.2) is 22.9 Å². The van der Waals surface area contributed by atoms with Crippen molar-refractivity contribution in [3.63, 3.8) is 0 Å². The molecule has 2 aromatic carbocycles. The molecule has 3 heterocycles. The molecule has 0 saturated carbocycles. The Balaban J connectivity index is 1.37. The van der Waals surface area contributed by atoms with Crippen LogP contribution in [0.3, 0.4) is 0 Å². The van der Waals surface area contributed by atoms with Crippen molar-refractivity contribution in [1.82, 2.24) is 24.2 Å². The van der Waals surface area contributed by atoms with Crippen molar-refractivity contribution >= 4 is 33.3 Å². The third kappa shape index (κ3) is 6.84. The van der Waals surface area contributed by atoms with E-state index in [-0.39, 0.29) is 36.8 Å². The molecule has 47 heavy (non-hydrogen) atoms. The van der Waals surface area contributed by atoms with Gasteiger partial charge in [-0.15, -0.1) is 0 Å². The molecule has 0 bridgehead atoms. The Morgan fingerprint density at radius 3 is 2.26 bits per heavy atom. The third-order valence-corrected chi connectivity index (χ3v) is 8.46. The van der Waals surface area contributed by atoms with Crippen LogP contribution in [0.2, 0.25) is 0 Å². The first-order valence-corrected chi connectivity index (χ1v) is 16.0. The fourth-order valence-electron chi connectivity index (χ4n) is 5.11. The van der Waals surface area contributed by atoms with E-state index < -0.39 is 40.4 Å². The molecule has 2 aromatic heterocycles. The van der Waals surface area contributed by atoms with Crippen LogP contribution in [0.15, 0.2) is 66.0 Å². The minimum Gasteiger partial charge on any atom is -0.497 e. The van der Waals surface area contributed by atoms with Gasteiger partial charge in [0.05, 0.1) is 19.3 Å². The van der Waals surface area contributed by atoms with Crippen LogP contribution >= 0.6 is 0 Å². The number of amides is 2. The number of nitrogens with zero attached hydrogens (tertiary/aromatic N) is 6. The Kier molecular flexibility index (Phi) is 9.11. The number of likely N-dealkylation sites (N-methyl/N-ethyl adjacent to an activating group) is 1. The van der Waals surface area contributed by atoms with E-state index in [0.29, 0.717) is 34.2 Å². The number of esters is 1. The number of aromatic nitrogens is 4. The Bertz CT molecular complexity index is 1920. The number of fused-ring (bicyclic) bond motifs is 1. The average Bonchev–Trinajstić information content (AvgIpc) is 3.68. The molecule has 1 aliphatic rings. The predicted octanol–water partition coefficient (Wildman–Crippen LogP) is 3.13. The zero-order chi connectivity index (χ0) is 34.1. The number of methoxy groups -OCH3 is 1. The smallest absolute Gasteiger partial charge is 0.490 e. The van der Waals surface area contributed by atoms with E-state index in [4.69, 9.17) is 4.74 Å². The average molecular weight is 675 g/mol. The van der Waals surface area contributed by atoms with Crippen LogP contribution in [0.1, 0.15) is 28.8 Å². The summed E-state index contributed by atoms with van der Waals surface area (Å²) in [6, 6.07) is 13.5. The van der Waals surface area contributed by atoms with E-state index in [1.165, 1.54) is 27.8 Å². The summed E-state index contributed by atoms with van der Waals surface area (Å²) in [5.41, 5.74) is 2.10. The number of benzene rings is 2. The summed E-state index contributed by atoms with van der Waals surface area (Å²) >= 11 is 0. The van der Waals surface area contributed by atoms with E-state index >= 15 is 0 Å². The maximum atomic E-state index is 13.9. The molecule has 0 spiro atoms. The lowest BCUT2D eigenvalue weighted by molar-refractivity contribution is -0.200. The number of halogens is 3. The lowest BCUT2D eigenvalue weighted by atomic mass is 10.1. The van der Waals surface area contributed by atoms with Crippen molar-refractivity contribution < 1.29 is 45.4 Å². The summed E-state index contributed by atoms with van der Waals surface area (Å²) in [5.74, 6) is -2.76. The second-order valence-corrected chi connectivity index (χ2v) is 12.4. The third-order valence-electron chi connectivity index (χ3n) is 7.43. The number of hydrogen-bond acceptors (Lipinski definition) is 9. The highest BCUT2D eigenvalue weighted by Crippen LogP contribution is 2.31. The molecule has 0 aliphatic carbocycles. The van der Waals surface area contributed by atoms with Gasteiger partial charge in [0.1, 0.15) is 17.3 Å². The van der Waals surface area contributed by atoms with Crippen molar-refractivity contribution in [3.05, 3.63) is 78.0 Å². The Labute approximate surface area is 267 Å². The van der Waals surface area contributed by atoms with Crippen molar-refractivity contribution in [2.75, 3.05) is 38.0 Å². The lowest BCUT2D eigenvalue weighted by Crippen LogP contribution is -2.39. The lowest BCUT2D eigenvalue weighted by Gasteiger charge is -2.28. The molecule has 13 nitrogen and oxygen atoms in total. The Morgan fingerprint density at radius 2 is 1.66 bits per heavy atom. The van der Waals surface area contributed by atoms with Crippen molar-refractivity contribution in [1.29, 1.82) is 0 Å². The summed E-state index contributed by atoms with van der Waals surface area (Å²) < 4.78 is 74.8. The Morgan fingerprint density at radius 1 is 1.02 bits per heavy atom. The molecule has 0 N–H and O–H groups in total. The Hall–Kier alpha value is -5.19. The molecular formula is C30H29F3N6O7S. The molecule has 248 valence electrons. The topological polar surface area (TPSA) is 146 Å². The summed E-state index contributed by atoms with van der Waals surface area (Å²) in [6.07, 6.45) is -0.804. The minimum atomic E-state index is -5.21.